The summed E-state index contributed by atoms with van der Waals surface area (Å²) in [6, 6.07) is 8.35. The maximum Gasteiger partial charge on any atom is 0.122 e. The van der Waals surface area contributed by atoms with Crippen molar-refractivity contribution in [2.75, 3.05) is 7.11 Å². The van der Waals surface area contributed by atoms with Crippen LogP contribution in [0.25, 0.3) is 0 Å². The Labute approximate surface area is 79.7 Å². The second kappa shape index (κ2) is 3.82. The fourth-order valence-electron chi connectivity index (χ4n) is 1.88. The molecule has 0 saturated heterocycles. The number of methoxy groups -OCH3 is 1. The smallest absolute Gasteiger partial charge is 0.122 e. The Morgan fingerprint density at radius 2 is 2.08 bits per heavy atom. The average Bonchev–Trinajstić information content (AvgIpc) is 2.12. The molecule has 0 heterocycles. The summed E-state index contributed by atoms with van der Waals surface area (Å²) in [5.74, 6) is 1.96. The first-order chi connectivity index (χ1) is 6.40. The molecule has 1 aliphatic carbocycles. The molecule has 0 amide bonds. The summed E-state index contributed by atoms with van der Waals surface area (Å²) in [6.07, 6.45) is 5.42. The molecule has 1 aromatic carbocycles. The van der Waals surface area contributed by atoms with Crippen LogP contribution in [-0.4, -0.2) is 7.11 Å². The van der Waals surface area contributed by atoms with E-state index in [4.69, 9.17) is 4.74 Å². The van der Waals surface area contributed by atoms with E-state index in [1.807, 2.05) is 12.1 Å². The molecule has 1 nitrogen and oxygen atoms in total. The predicted molar refractivity (Wildman–Crippen MR) is 54.0 cm³/mol. The van der Waals surface area contributed by atoms with E-state index in [2.05, 4.69) is 12.1 Å². The molecule has 2 rings (SSSR count). The zero-order chi connectivity index (χ0) is 9.10. The van der Waals surface area contributed by atoms with Gasteiger partial charge in [0, 0.05) is 0 Å². The lowest BCUT2D eigenvalue weighted by atomic mass is 9.81. The molecule has 1 aliphatic rings. The van der Waals surface area contributed by atoms with Crippen LogP contribution >= 0.6 is 0 Å². The van der Waals surface area contributed by atoms with Gasteiger partial charge in [0.2, 0.25) is 0 Å². The van der Waals surface area contributed by atoms with Gasteiger partial charge in [-0.25, -0.2) is 0 Å². The van der Waals surface area contributed by atoms with Crippen LogP contribution in [0.4, 0.5) is 0 Å². The Morgan fingerprint density at radius 3 is 2.69 bits per heavy atom. The lowest BCUT2D eigenvalue weighted by Gasteiger charge is -2.25. The van der Waals surface area contributed by atoms with E-state index in [9.17, 15) is 0 Å². The van der Waals surface area contributed by atoms with Crippen LogP contribution in [0.2, 0.25) is 0 Å². The zero-order valence-electron chi connectivity index (χ0n) is 8.12. The van der Waals surface area contributed by atoms with Crippen LogP contribution in [-0.2, 0) is 6.42 Å². The molecule has 0 radical (unpaired) electrons. The maximum atomic E-state index is 5.31. The Morgan fingerprint density at radius 1 is 1.31 bits per heavy atom. The third-order valence-electron chi connectivity index (χ3n) is 2.93. The molecule has 0 unspecified atom stereocenters. The van der Waals surface area contributed by atoms with E-state index in [1.165, 1.54) is 31.2 Å². The van der Waals surface area contributed by atoms with Crippen molar-refractivity contribution in [1.82, 2.24) is 0 Å². The molecule has 0 N–H and O–H groups in total. The number of rotatable bonds is 3. The lowest BCUT2D eigenvalue weighted by molar-refractivity contribution is 0.309. The van der Waals surface area contributed by atoms with Crippen LogP contribution in [0.1, 0.15) is 24.8 Å². The average molecular weight is 176 g/mol. The highest BCUT2D eigenvalue weighted by Crippen LogP contribution is 2.32. The minimum Gasteiger partial charge on any atom is -0.496 e. The summed E-state index contributed by atoms with van der Waals surface area (Å²) >= 11 is 0. The first-order valence-corrected chi connectivity index (χ1v) is 5.02. The first kappa shape index (κ1) is 8.61. The van der Waals surface area contributed by atoms with E-state index in [0.29, 0.717) is 0 Å². The SMILES string of the molecule is COc1ccccc1CC1CCC1. The fourth-order valence-corrected chi connectivity index (χ4v) is 1.88. The lowest BCUT2D eigenvalue weighted by Crippen LogP contribution is -2.14. The van der Waals surface area contributed by atoms with Gasteiger partial charge in [0.05, 0.1) is 7.11 Å². The number of ether oxygens (including phenoxy) is 1. The van der Waals surface area contributed by atoms with Crippen LogP contribution < -0.4 is 4.74 Å². The van der Waals surface area contributed by atoms with Gasteiger partial charge in [-0.15, -0.1) is 0 Å². The molecule has 1 heteroatoms. The molecule has 0 bridgehead atoms. The van der Waals surface area contributed by atoms with Gasteiger partial charge in [-0.2, -0.15) is 0 Å². The molecule has 1 saturated carbocycles. The maximum absolute atomic E-state index is 5.31. The van der Waals surface area contributed by atoms with Crippen molar-refractivity contribution in [3.05, 3.63) is 29.8 Å². The predicted octanol–water partition coefficient (Wildman–Crippen LogP) is 3.04. The third-order valence-corrected chi connectivity index (χ3v) is 2.93. The molecule has 0 aromatic heterocycles. The summed E-state index contributed by atoms with van der Waals surface area (Å²) in [6.45, 7) is 0. The molecule has 0 spiro atoms. The van der Waals surface area contributed by atoms with Crippen molar-refractivity contribution in [2.45, 2.75) is 25.7 Å². The van der Waals surface area contributed by atoms with Crippen LogP contribution in [0.5, 0.6) is 5.75 Å². The van der Waals surface area contributed by atoms with Crippen molar-refractivity contribution in [3.63, 3.8) is 0 Å². The minimum absolute atomic E-state index is 0.913. The molecule has 0 aliphatic heterocycles. The fraction of sp³-hybridized carbons (Fsp3) is 0.500. The van der Waals surface area contributed by atoms with Gasteiger partial charge in [-0.05, 0) is 24.0 Å². The Balaban J connectivity index is 2.08. The molecular formula is C12H16O. The van der Waals surface area contributed by atoms with Gasteiger partial charge in [-0.1, -0.05) is 37.5 Å². The van der Waals surface area contributed by atoms with Gasteiger partial charge >= 0.3 is 0 Å². The van der Waals surface area contributed by atoms with Crippen molar-refractivity contribution in [3.8, 4) is 5.75 Å². The van der Waals surface area contributed by atoms with Gasteiger partial charge < -0.3 is 4.74 Å². The van der Waals surface area contributed by atoms with Crippen LogP contribution in [0.15, 0.2) is 24.3 Å². The molecule has 1 fully saturated rings. The first-order valence-electron chi connectivity index (χ1n) is 5.02. The summed E-state index contributed by atoms with van der Waals surface area (Å²) in [5.41, 5.74) is 1.37. The molecule has 1 aromatic rings. The van der Waals surface area contributed by atoms with Crippen molar-refractivity contribution >= 4 is 0 Å². The van der Waals surface area contributed by atoms with Crippen molar-refractivity contribution < 1.29 is 4.74 Å². The molecule has 70 valence electrons. The van der Waals surface area contributed by atoms with Gasteiger partial charge in [0.1, 0.15) is 5.75 Å². The standard InChI is InChI=1S/C12H16O/c1-13-12-8-3-2-7-11(12)9-10-5-4-6-10/h2-3,7-8,10H,4-6,9H2,1H3. The Hall–Kier alpha value is -0.980. The van der Waals surface area contributed by atoms with Crippen LogP contribution in [0, 0.1) is 5.92 Å². The van der Waals surface area contributed by atoms with Crippen LogP contribution in [0.3, 0.4) is 0 Å². The second-order valence-corrected chi connectivity index (χ2v) is 3.81. The largest absolute Gasteiger partial charge is 0.496 e. The third kappa shape index (κ3) is 1.85. The molecule has 13 heavy (non-hydrogen) atoms. The normalized spacial score (nSPS) is 16.7. The number of benzene rings is 1. The highest BCUT2D eigenvalue weighted by atomic mass is 16.5. The number of hydrogen-bond acceptors (Lipinski definition) is 1. The number of para-hydroxylation sites is 1. The quantitative estimate of drug-likeness (QED) is 0.687. The summed E-state index contributed by atoms with van der Waals surface area (Å²) in [4.78, 5) is 0. The van der Waals surface area contributed by atoms with E-state index in [0.717, 1.165) is 11.7 Å². The van der Waals surface area contributed by atoms with Gasteiger partial charge in [0.25, 0.3) is 0 Å². The van der Waals surface area contributed by atoms with Crippen molar-refractivity contribution in [1.29, 1.82) is 0 Å². The summed E-state index contributed by atoms with van der Waals surface area (Å²) < 4.78 is 5.31. The van der Waals surface area contributed by atoms with E-state index in [-0.39, 0.29) is 0 Å². The summed E-state index contributed by atoms with van der Waals surface area (Å²) in [5, 5.41) is 0. The Kier molecular flexibility index (Phi) is 2.53. The monoisotopic (exact) mass is 176 g/mol. The second-order valence-electron chi connectivity index (χ2n) is 3.81. The van der Waals surface area contributed by atoms with E-state index in [1.54, 1.807) is 7.11 Å². The summed E-state index contributed by atoms with van der Waals surface area (Å²) in [7, 11) is 1.75. The minimum atomic E-state index is 0.913. The molecular weight excluding hydrogens is 160 g/mol. The van der Waals surface area contributed by atoms with Gasteiger partial charge in [0.15, 0.2) is 0 Å². The van der Waals surface area contributed by atoms with Gasteiger partial charge in [-0.3, -0.25) is 0 Å². The topological polar surface area (TPSA) is 9.23 Å². The van der Waals surface area contributed by atoms with E-state index < -0.39 is 0 Å². The Bertz CT molecular complexity index is 276. The molecule has 0 atom stereocenters. The number of hydrogen-bond donors (Lipinski definition) is 0. The highest BCUT2D eigenvalue weighted by molar-refractivity contribution is 5.33. The zero-order valence-corrected chi connectivity index (χ0v) is 8.12. The van der Waals surface area contributed by atoms with Crippen molar-refractivity contribution in [2.24, 2.45) is 5.92 Å². The highest BCUT2D eigenvalue weighted by Gasteiger charge is 2.18. The van der Waals surface area contributed by atoms with E-state index >= 15 is 0 Å².